The zero-order valence-corrected chi connectivity index (χ0v) is 15.7. The van der Waals surface area contributed by atoms with E-state index in [9.17, 15) is 14.7 Å². The van der Waals surface area contributed by atoms with E-state index in [4.69, 9.17) is 0 Å². The first-order valence-corrected chi connectivity index (χ1v) is 8.99. The third kappa shape index (κ3) is 8.35. The number of carbonyl (C=O) groups excluding carboxylic acids is 2. The first-order chi connectivity index (χ1) is 10.6. The fourth-order valence-electron chi connectivity index (χ4n) is 2.42. The van der Waals surface area contributed by atoms with Gasteiger partial charge in [0.05, 0.1) is 21.1 Å². The normalized spacial score (nSPS) is 14.3. The van der Waals surface area contributed by atoms with Crippen LogP contribution in [-0.4, -0.2) is 43.2 Å². The summed E-state index contributed by atoms with van der Waals surface area (Å²) in [5.74, 6) is -1.47. The van der Waals surface area contributed by atoms with E-state index in [1.807, 2.05) is 0 Å². The summed E-state index contributed by atoms with van der Waals surface area (Å²) in [7, 11) is 5.19. The van der Waals surface area contributed by atoms with Crippen LogP contribution in [0, 0.1) is 0 Å². The first-order valence-electron chi connectivity index (χ1n) is 8.99. The van der Waals surface area contributed by atoms with Gasteiger partial charge in [0, 0.05) is 13.3 Å². The molecule has 0 aromatic rings. The molecule has 0 rings (SSSR count). The Bertz CT molecular complexity index is 364. The Morgan fingerprint density at radius 2 is 1.35 bits per heavy atom. The monoisotopic (exact) mass is 328 g/mol. The van der Waals surface area contributed by atoms with E-state index in [2.05, 4.69) is 12.2 Å². The van der Waals surface area contributed by atoms with Crippen molar-refractivity contribution in [2.75, 3.05) is 21.1 Å². The molecule has 0 saturated carbocycles. The molecule has 136 valence electrons. The number of hydrogen-bond donors (Lipinski definition) is 1. The van der Waals surface area contributed by atoms with Crippen molar-refractivity contribution in [1.82, 2.24) is 5.32 Å². The standard InChI is InChI=1S/C18H36N2O3/c1-6-7-8-9-10-11-12-13-14-15-16(21)19-18(2,17(22)23)20(3,4)5/h6-15H2,1-5H3,(H-,19,21,22,23). The summed E-state index contributed by atoms with van der Waals surface area (Å²) in [6.45, 7) is 3.71. The van der Waals surface area contributed by atoms with Gasteiger partial charge in [0.1, 0.15) is 5.97 Å². The number of quaternary nitrogens is 1. The van der Waals surface area contributed by atoms with Crippen LogP contribution >= 0.6 is 0 Å². The van der Waals surface area contributed by atoms with Crippen LogP contribution in [0.4, 0.5) is 0 Å². The smallest absolute Gasteiger partial charge is 0.224 e. The number of hydrogen-bond acceptors (Lipinski definition) is 3. The number of unbranched alkanes of at least 4 members (excludes halogenated alkanes) is 8. The Morgan fingerprint density at radius 1 is 0.913 bits per heavy atom. The third-order valence-corrected chi connectivity index (χ3v) is 4.63. The van der Waals surface area contributed by atoms with E-state index in [0.29, 0.717) is 6.42 Å². The van der Waals surface area contributed by atoms with Gasteiger partial charge in [0.25, 0.3) is 0 Å². The van der Waals surface area contributed by atoms with E-state index in [-0.39, 0.29) is 10.4 Å². The molecule has 0 aromatic carbocycles. The molecule has 1 unspecified atom stereocenters. The zero-order chi connectivity index (χ0) is 17.9. The van der Waals surface area contributed by atoms with Crippen LogP contribution in [-0.2, 0) is 9.59 Å². The molecule has 5 nitrogen and oxygen atoms in total. The second-order valence-corrected chi connectivity index (χ2v) is 7.50. The highest BCUT2D eigenvalue weighted by atomic mass is 16.4. The van der Waals surface area contributed by atoms with E-state index in [1.165, 1.54) is 45.4 Å². The highest BCUT2D eigenvalue weighted by molar-refractivity contribution is 5.84. The lowest BCUT2D eigenvalue weighted by atomic mass is 10.1. The molecule has 1 atom stereocenters. The van der Waals surface area contributed by atoms with E-state index in [0.717, 1.165) is 19.3 Å². The quantitative estimate of drug-likeness (QED) is 0.320. The molecule has 5 heteroatoms. The van der Waals surface area contributed by atoms with Crippen molar-refractivity contribution in [1.29, 1.82) is 0 Å². The summed E-state index contributed by atoms with van der Waals surface area (Å²) in [5.41, 5.74) is -1.41. The Kier molecular flexibility index (Phi) is 10.1. The van der Waals surface area contributed by atoms with Gasteiger partial charge in [-0.1, -0.05) is 58.3 Å². The van der Waals surface area contributed by atoms with Crippen LogP contribution in [0.2, 0.25) is 0 Å². The Balaban J connectivity index is 3.92. The van der Waals surface area contributed by atoms with Gasteiger partial charge in [-0.25, -0.2) is 0 Å². The van der Waals surface area contributed by atoms with Gasteiger partial charge in [0.2, 0.25) is 11.6 Å². The maximum atomic E-state index is 12.0. The Hall–Kier alpha value is -1.10. The zero-order valence-electron chi connectivity index (χ0n) is 15.7. The van der Waals surface area contributed by atoms with Gasteiger partial charge in [-0.3, -0.25) is 10.1 Å². The summed E-state index contributed by atoms with van der Waals surface area (Å²) in [5, 5.41) is 14.0. The second-order valence-electron chi connectivity index (χ2n) is 7.50. The fourth-order valence-corrected chi connectivity index (χ4v) is 2.42. The molecular formula is C18H36N2O3. The first kappa shape index (κ1) is 21.9. The van der Waals surface area contributed by atoms with Crippen molar-refractivity contribution in [3.63, 3.8) is 0 Å². The number of carboxylic acid groups (broad SMARTS) is 1. The minimum absolute atomic E-state index is 0.0822. The maximum Gasteiger partial charge on any atom is 0.224 e. The largest absolute Gasteiger partial charge is 0.542 e. The summed E-state index contributed by atoms with van der Waals surface area (Å²) in [6, 6.07) is 0. The SMILES string of the molecule is CCCCCCCCCCCC(=O)NC(C)(C(=O)[O-])[N+](C)(C)C. The number of amides is 1. The molecule has 0 aliphatic rings. The molecule has 0 fully saturated rings. The van der Waals surface area contributed by atoms with Gasteiger partial charge < -0.3 is 14.4 Å². The van der Waals surface area contributed by atoms with Crippen LogP contribution in [0.3, 0.4) is 0 Å². The third-order valence-electron chi connectivity index (χ3n) is 4.63. The van der Waals surface area contributed by atoms with Crippen LogP contribution in [0.25, 0.3) is 0 Å². The average Bonchev–Trinajstić information content (AvgIpc) is 2.44. The highest BCUT2D eigenvalue weighted by Gasteiger charge is 2.41. The molecule has 1 N–H and O–H groups in total. The molecule has 0 aromatic heterocycles. The van der Waals surface area contributed by atoms with Crippen molar-refractivity contribution >= 4 is 11.9 Å². The lowest BCUT2D eigenvalue weighted by Crippen LogP contribution is -2.72. The van der Waals surface area contributed by atoms with Gasteiger partial charge in [0.15, 0.2) is 0 Å². The van der Waals surface area contributed by atoms with Crippen LogP contribution in [0.15, 0.2) is 0 Å². The number of carbonyl (C=O) groups is 2. The van der Waals surface area contributed by atoms with Crippen molar-refractivity contribution in [3.05, 3.63) is 0 Å². The minimum Gasteiger partial charge on any atom is -0.542 e. The van der Waals surface area contributed by atoms with Gasteiger partial charge in [-0.2, -0.15) is 0 Å². The minimum atomic E-state index is -1.41. The van der Waals surface area contributed by atoms with Crippen molar-refractivity contribution in [3.8, 4) is 0 Å². The number of rotatable bonds is 13. The summed E-state index contributed by atoms with van der Waals surface area (Å²) in [6.07, 6.45) is 11.1. The molecule has 0 aliphatic carbocycles. The van der Waals surface area contributed by atoms with Crippen molar-refractivity contribution in [2.24, 2.45) is 0 Å². The Labute approximate surface area is 142 Å². The number of likely N-dealkylation sites (N-methyl/N-ethyl adjacent to an activating group) is 1. The van der Waals surface area contributed by atoms with E-state index in [1.54, 1.807) is 21.1 Å². The van der Waals surface area contributed by atoms with Crippen molar-refractivity contribution < 1.29 is 19.2 Å². The van der Waals surface area contributed by atoms with Crippen LogP contribution < -0.4 is 10.4 Å². The molecule has 0 radical (unpaired) electrons. The number of carboxylic acids is 1. The molecule has 23 heavy (non-hydrogen) atoms. The Morgan fingerprint density at radius 3 is 1.74 bits per heavy atom. The summed E-state index contributed by atoms with van der Waals surface area (Å²) >= 11 is 0. The lowest BCUT2D eigenvalue weighted by Gasteiger charge is -2.44. The summed E-state index contributed by atoms with van der Waals surface area (Å²) in [4.78, 5) is 23.4. The van der Waals surface area contributed by atoms with Crippen LogP contribution in [0.1, 0.15) is 78.1 Å². The van der Waals surface area contributed by atoms with Crippen molar-refractivity contribution in [2.45, 2.75) is 83.7 Å². The maximum absolute atomic E-state index is 12.0. The number of nitrogens with zero attached hydrogens (tertiary/aromatic N) is 1. The molecule has 0 saturated heterocycles. The van der Waals surface area contributed by atoms with Gasteiger partial charge in [-0.15, -0.1) is 0 Å². The van der Waals surface area contributed by atoms with E-state index < -0.39 is 11.6 Å². The summed E-state index contributed by atoms with van der Waals surface area (Å²) < 4.78 is 0.0822. The molecule has 0 aliphatic heterocycles. The number of aliphatic carboxylic acids is 1. The molecule has 0 spiro atoms. The average molecular weight is 328 g/mol. The molecule has 0 heterocycles. The van der Waals surface area contributed by atoms with E-state index >= 15 is 0 Å². The molecule has 1 amide bonds. The molecule has 0 bridgehead atoms. The topological polar surface area (TPSA) is 69.2 Å². The predicted octanol–water partition coefficient (Wildman–Crippen LogP) is 2.20. The highest BCUT2D eigenvalue weighted by Crippen LogP contribution is 2.15. The predicted molar refractivity (Wildman–Crippen MR) is 91.4 cm³/mol. The lowest BCUT2D eigenvalue weighted by molar-refractivity contribution is -0.916. The number of nitrogens with one attached hydrogen (secondary N) is 1. The van der Waals surface area contributed by atoms with Gasteiger partial charge >= 0.3 is 0 Å². The molecular weight excluding hydrogens is 292 g/mol. The fraction of sp³-hybridized carbons (Fsp3) is 0.889. The van der Waals surface area contributed by atoms with Crippen LogP contribution in [0.5, 0.6) is 0 Å². The van der Waals surface area contributed by atoms with Gasteiger partial charge in [-0.05, 0) is 6.42 Å². The second kappa shape index (κ2) is 10.6.